The molecule has 0 bridgehead atoms. The summed E-state index contributed by atoms with van der Waals surface area (Å²) in [5, 5.41) is 11.5. The van der Waals surface area contributed by atoms with Crippen LogP contribution in [0.25, 0.3) is 0 Å². The maximum Gasteiger partial charge on any atom is 0.329 e. The minimum Gasteiger partial charge on any atom is -0.480 e. The van der Waals surface area contributed by atoms with E-state index in [0.717, 1.165) is 6.42 Å². The monoisotopic (exact) mass is 209 g/mol. The van der Waals surface area contributed by atoms with Crippen molar-refractivity contribution < 1.29 is 19.1 Å². The predicted molar refractivity (Wildman–Crippen MR) is 50.4 cm³/mol. The summed E-state index contributed by atoms with van der Waals surface area (Å²) in [6, 6.07) is 1.50. The molecule has 1 aromatic heterocycles. The Morgan fingerprint density at radius 3 is 2.60 bits per heavy atom. The van der Waals surface area contributed by atoms with Gasteiger partial charge in [0.05, 0.1) is 11.8 Å². The van der Waals surface area contributed by atoms with E-state index in [1.54, 1.807) is 0 Å². The van der Waals surface area contributed by atoms with Gasteiger partial charge in [-0.25, -0.2) is 4.79 Å². The summed E-state index contributed by atoms with van der Waals surface area (Å²) in [6.45, 7) is 0. The van der Waals surface area contributed by atoms with Crippen LogP contribution in [0.5, 0.6) is 0 Å². The zero-order chi connectivity index (χ0) is 10.9. The van der Waals surface area contributed by atoms with Gasteiger partial charge in [-0.1, -0.05) is 0 Å². The van der Waals surface area contributed by atoms with Gasteiger partial charge < -0.3 is 14.8 Å². The molecule has 1 aromatic rings. The molecule has 5 nitrogen and oxygen atoms in total. The molecule has 1 fully saturated rings. The summed E-state index contributed by atoms with van der Waals surface area (Å²) >= 11 is 0. The van der Waals surface area contributed by atoms with E-state index in [1.807, 2.05) is 0 Å². The molecule has 0 spiro atoms. The number of hydrogen-bond donors (Lipinski definition) is 2. The van der Waals surface area contributed by atoms with Gasteiger partial charge in [0.1, 0.15) is 11.8 Å². The van der Waals surface area contributed by atoms with Gasteiger partial charge in [-0.15, -0.1) is 0 Å². The summed E-state index contributed by atoms with van der Waals surface area (Å²) in [6.07, 6.45) is 4.49. The Labute approximate surface area is 86.1 Å². The number of amides is 1. The Hall–Kier alpha value is -1.78. The summed E-state index contributed by atoms with van der Waals surface area (Å²) in [5.74, 6) is -1.36. The van der Waals surface area contributed by atoms with Crippen molar-refractivity contribution in [2.45, 2.75) is 24.8 Å². The van der Waals surface area contributed by atoms with Crippen LogP contribution in [0, 0.1) is 0 Å². The van der Waals surface area contributed by atoms with Crippen molar-refractivity contribution >= 4 is 11.9 Å². The zero-order valence-electron chi connectivity index (χ0n) is 8.03. The molecular formula is C10H11NO4. The highest BCUT2D eigenvalue weighted by molar-refractivity contribution is 5.97. The molecule has 5 heteroatoms. The number of carbonyl (C=O) groups excluding carboxylic acids is 1. The number of rotatable bonds is 3. The Balaban J connectivity index is 2.08. The molecule has 1 aliphatic rings. The molecule has 1 heterocycles. The van der Waals surface area contributed by atoms with Gasteiger partial charge in [0.15, 0.2) is 0 Å². The van der Waals surface area contributed by atoms with Crippen LogP contribution in [0.1, 0.15) is 29.6 Å². The van der Waals surface area contributed by atoms with Crippen LogP contribution in [-0.4, -0.2) is 22.5 Å². The number of carboxylic acid groups (broad SMARTS) is 1. The Bertz CT molecular complexity index is 378. The van der Waals surface area contributed by atoms with Crippen LogP contribution in [0.15, 0.2) is 23.0 Å². The molecule has 0 aromatic carbocycles. The van der Waals surface area contributed by atoms with Crippen molar-refractivity contribution in [2.75, 3.05) is 0 Å². The molecule has 1 amide bonds. The average Bonchev–Trinajstić information content (AvgIpc) is 2.62. The van der Waals surface area contributed by atoms with E-state index in [4.69, 9.17) is 9.52 Å². The highest BCUT2D eigenvalue weighted by Crippen LogP contribution is 2.32. The molecule has 80 valence electrons. The van der Waals surface area contributed by atoms with Crippen LogP contribution in [-0.2, 0) is 4.79 Å². The fraction of sp³-hybridized carbons (Fsp3) is 0.400. The van der Waals surface area contributed by atoms with Gasteiger partial charge in [0.2, 0.25) is 0 Å². The van der Waals surface area contributed by atoms with E-state index in [9.17, 15) is 9.59 Å². The molecule has 1 saturated carbocycles. The number of hydrogen-bond acceptors (Lipinski definition) is 3. The molecule has 2 N–H and O–H groups in total. The molecule has 0 atom stereocenters. The van der Waals surface area contributed by atoms with Crippen molar-refractivity contribution in [1.82, 2.24) is 5.32 Å². The highest BCUT2D eigenvalue weighted by atomic mass is 16.4. The molecule has 15 heavy (non-hydrogen) atoms. The van der Waals surface area contributed by atoms with Crippen molar-refractivity contribution in [3.8, 4) is 0 Å². The van der Waals surface area contributed by atoms with Crippen LogP contribution < -0.4 is 5.32 Å². The van der Waals surface area contributed by atoms with Crippen LogP contribution in [0.4, 0.5) is 0 Å². The summed E-state index contributed by atoms with van der Waals surface area (Å²) < 4.78 is 4.75. The third kappa shape index (κ3) is 1.60. The maximum absolute atomic E-state index is 11.6. The first-order valence-corrected chi connectivity index (χ1v) is 4.72. The second kappa shape index (κ2) is 3.42. The molecule has 0 unspecified atom stereocenters. The topological polar surface area (TPSA) is 79.5 Å². The fourth-order valence-electron chi connectivity index (χ4n) is 1.61. The number of furan rings is 1. The first-order chi connectivity index (χ1) is 7.14. The van der Waals surface area contributed by atoms with Crippen LogP contribution >= 0.6 is 0 Å². The summed E-state index contributed by atoms with van der Waals surface area (Å²) in [4.78, 5) is 22.6. The van der Waals surface area contributed by atoms with Crippen molar-refractivity contribution in [3.63, 3.8) is 0 Å². The maximum atomic E-state index is 11.6. The Morgan fingerprint density at radius 1 is 1.47 bits per heavy atom. The van der Waals surface area contributed by atoms with Crippen molar-refractivity contribution in [3.05, 3.63) is 24.2 Å². The van der Waals surface area contributed by atoms with Crippen molar-refractivity contribution in [2.24, 2.45) is 0 Å². The zero-order valence-corrected chi connectivity index (χ0v) is 8.03. The minimum atomic E-state index is -1.06. The molecule has 1 aliphatic carbocycles. The Morgan fingerprint density at radius 2 is 2.20 bits per heavy atom. The molecule has 0 radical (unpaired) electrons. The quantitative estimate of drug-likeness (QED) is 0.778. The summed E-state index contributed by atoms with van der Waals surface area (Å²) in [7, 11) is 0. The molecule has 0 aliphatic heterocycles. The number of carbonyl (C=O) groups is 2. The van der Waals surface area contributed by atoms with E-state index in [-0.39, 0.29) is 0 Å². The number of carboxylic acids is 1. The van der Waals surface area contributed by atoms with Gasteiger partial charge in [-0.2, -0.15) is 0 Å². The predicted octanol–water partition coefficient (Wildman–Crippen LogP) is 1.02. The van der Waals surface area contributed by atoms with Gasteiger partial charge in [0.25, 0.3) is 5.91 Å². The van der Waals surface area contributed by atoms with E-state index in [0.29, 0.717) is 18.4 Å². The van der Waals surface area contributed by atoms with Crippen LogP contribution in [0.2, 0.25) is 0 Å². The standard InChI is InChI=1S/C10H11NO4/c12-8(7-2-5-15-6-7)11-10(9(13)14)3-1-4-10/h2,5-6H,1,3-4H2,(H,11,12)(H,13,14). The van der Waals surface area contributed by atoms with Crippen LogP contribution in [0.3, 0.4) is 0 Å². The minimum absolute atomic E-state index is 0.350. The van der Waals surface area contributed by atoms with Gasteiger partial charge in [-0.3, -0.25) is 4.79 Å². The largest absolute Gasteiger partial charge is 0.480 e. The lowest BCUT2D eigenvalue weighted by Crippen LogP contribution is -2.59. The van der Waals surface area contributed by atoms with E-state index >= 15 is 0 Å². The Kier molecular flexibility index (Phi) is 2.22. The second-order valence-electron chi connectivity index (χ2n) is 3.71. The third-order valence-corrected chi connectivity index (χ3v) is 2.75. The van der Waals surface area contributed by atoms with Crippen molar-refractivity contribution in [1.29, 1.82) is 0 Å². The molecule has 0 saturated heterocycles. The lowest BCUT2D eigenvalue weighted by Gasteiger charge is -2.38. The SMILES string of the molecule is O=C(NC1(C(=O)O)CCC1)c1ccoc1. The van der Waals surface area contributed by atoms with Gasteiger partial charge in [-0.05, 0) is 25.3 Å². The highest BCUT2D eigenvalue weighted by Gasteiger charge is 2.45. The smallest absolute Gasteiger partial charge is 0.329 e. The lowest BCUT2D eigenvalue weighted by atomic mass is 9.76. The molecule has 2 rings (SSSR count). The first kappa shape index (κ1) is 9.76. The van der Waals surface area contributed by atoms with Gasteiger partial charge in [0, 0.05) is 0 Å². The fourth-order valence-corrected chi connectivity index (χ4v) is 1.61. The normalized spacial score (nSPS) is 17.9. The van der Waals surface area contributed by atoms with E-state index in [2.05, 4.69) is 5.32 Å². The first-order valence-electron chi connectivity index (χ1n) is 4.72. The van der Waals surface area contributed by atoms with Gasteiger partial charge >= 0.3 is 5.97 Å². The number of nitrogens with one attached hydrogen (secondary N) is 1. The second-order valence-corrected chi connectivity index (χ2v) is 3.71. The van der Waals surface area contributed by atoms with E-state index < -0.39 is 17.4 Å². The summed E-state index contributed by atoms with van der Waals surface area (Å²) in [5.41, 5.74) is -0.712. The third-order valence-electron chi connectivity index (χ3n) is 2.75. The average molecular weight is 209 g/mol. The molecular weight excluding hydrogens is 198 g/mol. The van der Waals surface area contributed by atoms with E-state index in [1.165, 1.54) is 18.6 Å². The number of aliphatic carboxylic acids is 1. The lowest BCUT2D eigenvalue weighted by molar-refractivity contribution is -0.148.